The van der Waals surface area contributed by atoms with Crippen molar-refractivity contribution in [2.45, 2.75) is 18.3 Å². The molecule has 1 aromatic rings. The molecule has 114 valence electrons. The summed E-state index contributed by atoms with van der Waals surface area (Å²) in [7, 11) is 1.69. The zero-order chi connectivity index (χ0) is 14.3. The van der Waals surface area contributed by atoms with E-state index in [0.29, 0.717) is 0 Å². The monoisotopic (exact) mass is 291 g/mol. The molecular weight excluding hydrogens is 269 g/mol. The highest BCUT2D eigenvalue weighted by Gasteiger charge is 2.66. The highest BCUT2D eigenvalue weighted by atomic mass is 16.7. The second-order valence-electron chi connectivity index (χ2n) is 6.18. The van der Waals surface area contributed by atoms with Crippen LogP contribution >= 0.6 is 0 Å². The predicted octanol–water partition coefficient (Wildman–Crippen LogP) is 0.124. The van der Waals surface area contributed by atoms with Gasteiger partial charge in [0.1, 0.15) is 5.75 Å². The van der Waals surface area contributed by atoms with Gasteiger partial charge in [-0.2, -0.15) is 0 Å². The lowest BCUT2D eigenvalue weighted by molar-refractivity contribution is -0.787. The fraction of sp³-hybridized carbons (Fsp3) is 0.600. The minimum Gasteiger partial charge on any atom is -0.508 e. The maximum Gasteiger partial charge on any atom is 0.506 e. The molecule has 3 aliphatic heterocycles. The maximum atomic E-state index is 6.30. The summed E-state index contributed by atoms with van der Waals surface area (Å²) in [6.45, 7) is 2.86. The van der Waals surface area contributed by atoms with Gasteiger partial charge in [0.25, 0.3) is 0 Å². The number of benzene rings is 1. The minimum atomic E-state index is -1.46. The topological polar surface area (TPSA) is 41.4 Å². The van der Waals surface area contributed by atoms with Crippen molar-refractivity contribution in [3.63, 3.8) is 0 Å². The van der Waals surface area contributed by atoms with E-state index in [2.05, 4.69) is 12.1 Å². The summed E-state index contributed by atoms with van der Waals surface area (Å²) in [6, 6.07) is 8.19. The van der Waals surface area contributed by atoms with E-state index in [1.165, 1.54) is 4.81 Å². The second kappa shape index (κ2) is 4.99. The van der Waals surface area contributed by atoms with Crippen LogP contribution in [-0.2, 0) is 19.5 Å². The molecule has 0 bridgehead atoms. The first-order valence-electron chi connectivity index (χ1n) is 7.86. The van der Waals surface area contributed by atoms with Crippen LogP contribution in [0.4, 0.5) is 0 Å². The molecule has 0 aromatic heterocycles. The van der Waals surface area contributed by atoms with Gasteiger partial charge in [0.05, 0.1) is 38.9 Å². The van der Waals surface area contributed by atoms with E-state index in [9.17, 15) is 0 Å². The summed E-state index contributed by atoms with van der Waals surface area (Å²) < 4.78 is 24.0. The van der Waals surface area contributed by atoms with Gasteiger partial charge in [0, 0.05) is 6.61 Å². The summed E-state index contributed by atoms with van der Waals surface area (Å²) in [6.07, 6.45) is 2.01. The van der Waals surface area contributed by atoms with E-state index in [1.807, 2.05) is 12.1 Å². The Kier molecular flexibility index (Phi) is 3.22. The normalized spacial score (nSPS) is 38.6. The molecule has 3 saturated heterocycles. The molecule has 1 atom stereocenters. The minimum absolute atomic E-state index is 0.436. The van der Waals surface area contributed by atoms with E-state index < -0.39 is 12.2 Å². The van der Waals surface area contributed by atoms with Crippen LogP contribution in [0.5, 0.6) is 5.75 Å². The van der Waals surface area contributed by atoms with Crippen molar-refractivity contribution in [1.82, 2.24) is 0 Å². The lowest BCUT2D eigenvalue weighted by atomic mass is 9.50. The van der Waals surface area contributed by atoms with Crippen molar-refractivity contribution in [1.29, 1.82) is 0 Å². The van der Waals surface area contributed by atoms with Gasteiger partial charge in [0.2, 0.25) is 0 Å². The SMILES string of the molecule is COc1ccc(C2([B-]34OCC[NH+]3CCO4)CCCO2)cc1. The Labute approximate surface area is 125 Å². The number of rotatable bonds is 3. The summed E-state index contributed by atoms with van der Waals surface area (Å²) in [5, 5.41) is 0. The molecular formula is C15H22BNO4. The third-order valence-corrected chi connectivity index (χ3v) is 5.33. The highest BCUT2D eigenvalue weighted by Crippen LogP contribution is 2.44. The van der Waals surface area contributed by atoms with Crippen LogP contribution in [0.15, 0.2) is 24.3 Å². The Morgan fingerprint density at radius 2 is 1.81 bits per heavy atom. The number of quaternary nitrogens is 1. The molecule has 0 aliphatic carbocycles. The Balaban J connectivity index is 1.79. The number of nitrogens with one attached hydrogen (secondary N) is 1. The first kappa shape index (κ1) is 13.6. The van der Waals surface area contributed by atoms with Gasteiger partial charge in [-0.3, -0.25) is 0 Å². The largest absolute Gasteiger partial charge is 0.508 e. The predicted molar refractivity (Wildman–Crippen MR) is 78.2 cm³/mol. The molecule has 0 amide bonds. The lowest BCUT2D eigenvalue weighted by Gasteiger charge is -2.46. The van der Waals surface area contributed by atoms with E-state index in [-0.39, 0.29) is 0 Å². The van der Waals surface area contributed by atoms with Gasteiger partial charge >= 0.3 is 6.69 Å². The number of methoxy groups -OCH3 is 1. The Hall–Kier alpha value is -1.08. The molecule has 3 fully saturated rings. The molecule has 4 rings (SSSR count). The van der Waals surface area contributed by atoms with Crippen molar-refractivity contribution in [2.24, 2.45) is 0 Å². The Morgan fingerprint density at radius 3 is 2.38 bits per heavy atom. The average molecular weight is 291 g/mol. The van der Waals surface area contributed by atoms with Gasteiger partial charge < -0.3 is 23.6 Å². The van der Waals surface area contributed by atoms with Crippen molar-refractivity contribution in [3.8, 4) is 5.75 Å². The number of ether oxygens (including phenoxy) is 2. The molecule has 1 unspecified atom stereocenters. The van der Waals surface area contributed by atoms with Crippen LogP contribution in [-0.4, -0.2) is 46.7 Å². The zero-order valence-corrected chi connectivity index (χ0v) is 12.5. The van der Waals surface area contributed by atoms with Crippen LogP contribution in [0.1, 0.15) is 18.4 Å². The fourth-order valence-corrected chi connectivity index (χ4v) is 4.38. The molecule has 0 radical (unpaired) electrons. The molecule has 3 aliphatic rings. The summed E-state index contributed by atoms with van der Waals surface area (Å²) in [5.41, 5.74) is 0.719. The molecule has 0 spiro atoms. The van der Waals surface area contributed by atoms with E-state index in [1.54, 1.807) is 7.11 Å². The zero-order valence-electron chi connectivity index (χ0n) is 12.5. The fourth-order valence-electron chi connectivity index (χ4n) is 4.38. The van der Waals surface area contributed by atoms with Crippen LogP contribution in [0.25, 0.3) is 0 Å². The molecule has 3 heterocycles. The molecule has 1 N–H and O–H groups in total. The molecule has 0 saturated carbocycles. The molecule has 5 nitrogen and oxygen atoms in total. The first-order valence-corrected chi connectivity index (χ1v) is 7.86. The van der Waals surface area contributed by atoms with Crippen LogP contribution < -0.4 is 9.55 Å². The number of fused-ring (bicyclic) bond motifs is 1. The molecule has 6 heteroatoms. The lowest BCUT2D eigenvalue weighted by Crippen LogP contribution is -3.21. The van der Waals surface area contributed by atoms with Gasteiger partial charge in [-0.15, -0.1) is 0 Å². The van der Waals surface area contributed by atoms with Crippen molar-refractivity contribution in [2.75, 3.05) is 40.0 Å². The molecule has 1 aromatic carbocycles. The van der Waals surface area contributed by atoms with E-state index in [4.69, 9.17) is 18.8 Å². The average Bonchev–Trinajstić information content (AvgIpc) is 3.22. The van der Waals surface area contributed by atoms with Crippen molar-refractivity contribution < 1.29 is 23.6 Å². The van der Waals surface area contributed by atoms with Crippen LogP contribution in [0, 0.1) is 0 Å². The Morgan fingerprint density at radius 1 is 1.10 bits per heavy atom. The summed E-state index contributed by atoms with van der Waals surface area (Å²) >= 11 is 0. The van der Waals surface area contributed by atoms with Crippen molar-refractivity contribution >= 4 is 6.69 Å². The van der Waals surface area contributed by atoms with Crippen molar-refractivity contribution in [3.05, 3.63) is 29.8 Å². The van der Waals surface area contributed by atoms with Crippen LogP contribution in [0.2, 0.25) is 0 Å². The van der Waals surface area contributed by atoms with Gasteiger partial charge in [-0.1, -0.05) is 12.1 Å². The quantitative estimate of drug-likeness (QED) is 0.804. The van der Waals surface area contributed by atoms with Crippen LogP contribution in [0.3, 0.4) is 0 Å². The van der Waals surface area contributed by atoms with Gasteiger partial charge in [-0.25, -0.2) is 0 Å². The summed E-state index contributed by atoms with van der Waals surface area (Å²) in [5.74, 6) is 0.862. The number of hydrogen-bond acceptors (Lipinski definition) is 4. The third-order valence-electron chi connectivity index (χ3n) is 5.33. The van der Waals surface area contributed by atoms with Gasteiger partial charge in [0.15, 0.2) is 0 Å². The Bertz CT molecular complexity index is 505. The highest BCUT2D eigenvalue weighted by molar-refractivity contribution is 6.62. The molecule has 21 heavy (non-hydrogen) atoms. The summed E-state index contributed by atoms with van der Waals surface area (Å²) in [4.78, 5) is 1.42. The second-order valence-corrected chi connectivity index (χ2v) is 6.18. The third kappa shape index (κ3) is 1.80. The van der Waals surface area contributed by atoms with Gasteiger partial charge in [-0.05, 0) is 30.5 Å². The maximum absolute atomic E-state index is 6.30. The van der Waals surface area contributed by atoms with E-state index >= 15 is 0 Å². The number of hydrogen-bond donors (Lipinski definition) is 1. The van der Waals surface area contributed by atoms with E-state index in [0.717, 1.165) is 57.1 Å². The first-order chi connectivity index (χ1) is 10.3. The standard InChI is InChI=1S/C15H22BNO4/c1-18-14-5-3-13(4-6-14)15(7-2-10-19-15)16-17(8-11-20-16)9-12-21-16/h3-6,17H,2,7-12H2,1H3. The smallest absolute Gasteiger partial charge is 0.506 e.